The highest BCUT2D eigenvalue weighted by molar-refractivity contribution is 5.72. The van der Waals surface area contributed by atoms with Crippen LogP contribution in [0, 0.1) is 13.8 Å². The largest absolute Gasteiger partial charge is 0.352 e. The molecule has 3 rings (SSSR count). The molecule has 5 heteroatoms. The molecule has 1 N–H and O–H groups in total. The smallest absolute Gasteiger partial charge is 0.159 e. The van der Waals surface area contributed by atoms with Crippen LogP contribution in [0.15, 0.2) is 24.5 Å². The van der Waals surface area contributed by atoms with Gasteiger partial charge in [0.05, 0.1) is 0 Å². The highest BCUT2D eigenvalue weighted by Crippen LogP contribution is 2.27. The fourth-order valence-electron chi connectivity index (χ4n) is 2.45. The summed E-state index contributed by atoms with van der Waals surface area (Å²) in [4.78, 5) is 6.73. The zero-order valence-electron chi connectivity index (χ0n) is 11.9. The molecule has 5 nitrogen and oxygen atoms in total. The Morgan fingerprint density at radius 1 is 1.10 bits per heavy atom. The number of benzene rings is 1. The van der Waals surface area contributed by atoms with Crippen LogP contribution in [0.3, 0.4) is 0 Å². The fraction of sp³-hybridized carbons (Fsp3) is 0.400. The Labute approximate surface area is 119 Å². The first-order valence-electron chi connectivity index (χ1n) is 6.96. The maximum Gasteiger partial charge on any atom is 0.159 e. The van der Waals surface area contributed by atoms with Gasteiger partial charge in [-0.2, -0.15) is 0 Å². The van der Waals surface area contributed by atoms with Gasteiger partial charge >= 0.3 is 0 Å². The lowest BCUT2D eigenvalue weighted by Crippen LogP contribution is -2.44. The quantitative estimate of drug-likeness (QED) is 0.896. The van der Waals surface area contributed by atoms with E-state index >= 15 is 0 Å². The first-order valence-corrected chi connectivity index (χ1v) is 6.96. The number of nitrogens with one attached hydrogen (secondary N) is 1. The van der Waals surface area contributed by atoms with E-state index in [1.807, 2.05) is 0 Å². The van der Waals surface area contributed by atoms with Crippen LogP contribution in [-0.2, 0) is 0 Å². The van der Waals surface area contributed by atoms with Gasteiger partial charge in [-0.05, 0) is 31.0 Å². The molecule has 0 spiro atoms. The molecule has 1 aliphatic rings. The number of nitrogens with zero attached hydrogens (tertiary/aromatic N) is 4. The average molecular weight is 269 g/mol. The van der Waals surface area contributed by atoms with Crippen molar-refractivity contribution in [3.63, 3.8) is 0 Å². The third-order valence-electron chi connectivity index (χ3n) is 3.80. The Kier molecular flexibility index (Phi) is 3.60. The van der Waals surface area contributed by atoms with E-state index in [2.05, 4.69) is 57.4 Å². The van der Waals surface area contributed by atoms with Crippen LogP contribution in [0.25, 0.3) is 11.3 Å². The summed E-state index contributed by atoms with van der Waals surface area (Å²) in [5.41, 5.74) is 4.51. The number of piperazine rings is 1. The lowest BCUT2D eigenvalue weighted by Gasteiger charge is -2.29. The summed E-state index contributed by atoms with van der Waals surface area (Å²) in [6, 6.07) is 6.38. The van der Waals surface area contributed by atoms with Crippen molar-refractivity contribution in [1.82, 2.24) is 20.5 Å². The van der Waals surface area contributed by atoms with Crippen LogP contribution in [0.4, 0.5) is 5.82 Å². The molecule has 1 aromatic carbocycles. The topological polar surface area (TPSA) is 53.9 Å². The van der Waals surface area contributed by atoms with E-state index in [1.54, 1.807) is 0 Å². The summed E-state index contributed by atoms with van der Waals surface area (Å²) >= 11 is 0. The van der Waals surface area contributed by atoms with Gasteiger partial charge < -0.3 is 10.2 Å². The number of hydrogen-bond acceptors (Lipinski definition) is 5. The van der Waals surface area contributed by atoms with Crippen LogP contribution in [0.5, 0.6) is 0 Å². The third kappa shape index (κ3) is 2.49. The van der Waals surface area contributed by atoms with Crippen LogP contribution >= 0.6 is 0 Å². The van der Waals surface area contributed by atoms with Gasteiger partial charge in [-0.1, -0.05) is 12.1 Å². The molecule has 104 valence electrons. The molecule has 0 amide bonds. The van der Waals surface area contributed by atoms with Crippen molar-refractivity contribution in [1.29, 1.82) is 0 Å². The molecular formula is C15H19N5. The lowest BCUT2D eigenvalue weighted by atomic mass is 10.0. The molecule has 0 aliphatic carbocycles. The number of aromatic nitrogens is 3. The summed E-state index contributed by atoms with van der Waals surface area (Å²) in [6.07, 6.45) is 1.53. The fourth-order valence-corrected chi connectivity index (χ4v) is 2.45. The zero-order chi connectivity index (χ0) is 13.9. The van der Waals surface area contributed by atoms with Gasteiger partial charge in [-0.15, -0.1) is 10.2 Å². The second kappa shape index (κ2) is 5.54. The van der Waals surface area contributed by atoms with Gasteiger partial charge in [-0.25, -0.2) is 4.98 Å². The molecular weight excluding hydrogens is 250 g/mol. The normalized spacial score (nSPS) is 15.4. The molecule has 2 aromatic rings. The molecule has 1 saturated heterocycles. The van der Waals surface area contributed by atoms with E-state index < -0.39 is 0 Å². The number of hydrogen-bond donors (Lipinski definition) is 1. The predicted molar refractivity (Wildman–Crippen MR) is 79.8 cm³/mol. The van der Waals surface area contributed by atoms with Crippen molar-refractivity contribution in [3.8, 4) is 11.3 Å². The van der Waals surface area contributed by atoms with E-state index in [0.29, 0.717) is 0 Å². The third-order valence-corrected chi connectivity index (χ3v) is 3.80. The minimum Gasteiger partial charge on any atom is -0.352 e. The molecule has 1 aromatic heterocycles. The van der Waals surface area contributed by atoms with Crippen LogP contribution < -0.4 is 10.2 Å². The maximum atomic E-state index is 4.46. The first-order chi connectivity index (χ1) is 9.75. The second-order valence-corrected chi connectivity index (χ2v) is 5.17. The van der Waals surface area contributed by atoms with E-state index in [0.717, 1.165) is 43.3 Å². The average Bonchev–Trinajstić information content (AvgIpc) is 2.51. The van der Waals surface area contributed by atoms with Gasteiger partial charge in [0.25, 0.3) is 0 Å². The summed E-state index contributed by atoms with van der Waals surface area (Å²) in [5.74, 6) is 0.935. The first kappa shape index (κ1) is 13.0. The SMILES string of the molecule is Cc1ccc(-c2nncnc2N2CCNCC2)cc1C. The van der Waals surface area contributed by atoms with Crippen LogP contribution in [0.1, 0.15) is 11.1 Å². The lowest BCUT2D eigenvalue weighted by molar-refractivity contribution is 0.583. The highest BCUT2D eigenvalue weighted by atomic mass is 15.3. The van der Waals surface area contributed by atoms with Crippen molar-refractivity contribution in [2.45, 2.75) is 13.8 Å². The van der Waals surface area contributed by atoms with E-state index in [4.69, 9.17) is 0 Å². The standard InChI is InChI=1S/C15H19N5/c1-11-3-4-13(9-12(11)2)14-15(17-10-18-19-14)20-7-5-16-6-8-20/h3-4,9-10,16H,5-8H2,1-2H3. The molecule has 20 heavy (non-hydrogen) atoms. The van der Waals surface area contributed by atoms with Gasteiger partial charge in [0.1, 0.15) is 12.0 Å². The molecule has 0 saturated carbocycles. The number of rotatable bonds is 2. The van der Waals surface area contributed by atoms with E-state index in [-0.39, 0.29) is 0 Å². The Hall–Kier alpha value is -2.01. The molecule has 2 heterocycles. The molecule has 0 atom stereocenters. The second-order valence-electron chi connectivity index (χ2n) is 5.17. The monoisotopic (exact) mass is 269 g/mol. The van der Waals surface area contributed by atoms with Gasteiger partial charge in [0.2, 0.25) is 0 Å². The Balaban J connectivity index is 2.02. The molecule has 1 fully saturated rings. The van der Waals surface area contributed by atoms with E-state index in [9.17, 15) is 0 Å². The zero-order valence-corrected chi connectivity index (χ0v) is 11.9. The van der Waals surface area contributed by atoms with Crippen molar-refractivity contribution >= 4 is 5.82 Å². The molecule has 0 unspecified atom stereocenters. The minimum absolute atomic E-state index is 0.873. The Morgan fingerprint density at radius 3 is 2.65 bits per heavy atom. The van der Waals surface area contributed by atoms with Crippen molar-refractivity contribution < 1.29 is 0 Å². The van der Waals surface area contributed by atoms with Crippen molar-refractivity contribution in [3.05, 3.63) is 35.7 Å². The summed E-state index contributed by atoms with van der Waals surface area (Å²) < 4.78 is 0. The molecule has 0 radical (unpaired) electrons. The highest BCUT2D eigenvalue weighted by Gasteiger charge is 2.18. The summed E-state index contributed by atoms with van der Waals surface area (Å²) in [6.45, 7) is 8.11. The Morgan fingerprint density at radius 2 is 1.90 bits per heavy atom. The Bertz CT molecular complexity index is 605. The number of aryl methyl sites for hydroxylation is 2. The number of anilines is 1. The molecule has 1 aliphatic heterocycles. The van der Waals surface area contributed by atoms with Gasteiger partial charge in [0, 0.05) is 31.7 Å². The van der Waals surface area contributed by atoms with Crippen LogP contribution in [-0.4, -0.2) is 41.4 Å². The minimum atomic E-state index is 0.873. The maximum absolute atomic E-state index is 4.46. The molecule has 0 bridgehead atoms. The van der Waals surface area contributed by atoms with E-state index in [1.165, 1.54) is 17.5 Å². The van der Waals surface area contributed by atoms with Crippen molar-refractivity contribution in [2.24, 2.45) is 0 Å². The predicted octanol–water partition coefficient (Wildman–Crippen LogP) is 1.57. The van der Waals surface area contributed by atoms with Crippen molar-refractivity contribution in [2.75, 3.05) is 31.1 Å². The van der Waals surface area contributed by atoms with Crippen LogP contribution in [0.2, 0.25) is 0 Å². The van der Waals surface area contributed by atoms with Gasteiger partial charge in [0.15, 0.2) is 5.82 Å². The summed E-state index contributed by atoms with van der Waals surface area (Å²) in [5, 5.41) is 11.6. The summed E-state index contributed by atoms with van der Waals surface area (Å²) in [7, 11) is 0. The van der Waals surface area contributed by atoms with Gasteiger partial charge in [-0.3, -0.25) is 0 Å².